The Morgan fingerprint density at radius 2 is 2.29 bits per heavy atom. The number of ether oxygens (including phenoxy) is 1. The van der Waals surface area contributed by atoms with E-state index < -0.39 is 12.0 Å². The number of carboxylic acids is 1. The Morgan fingerprint density at radius 1 is 1.48 bits per heavy atom. The lowest BCUT2D eigenvalue weighted by molar-refractivity contribution is -0.139. The van der Waals surface area contributed by atoms with Gasteiger partial charge in [-0.2, -0.15) is 0 Å². The second kappa shape index (κ2) is 5.31. The van der Waals surface area contributed by atoms with E-state index in [2.05, 4.69) is 10.2 Å². The third-order valence-corrected chi connectivity index (χ3v) is 4.33. The van der Waals surface area contributed by atoms with Crippen LogP contribution in [0, 0.1) is 0 Å². The zero-order valence-electron chi connectivity index (χ0n) is 12.3. The first kappa shape index (κ1) is 13.8. The van der Waals surface area contributed by atoms with E-state index in [1.807, 2.05) is 25.2 Å². The molecule has 0 bridgehead atoms. The molecule has 0 spiro atoms. The molecule has 5 nitrogen and oxygen atoms in total. The number of fused-ring (bicyclic) bond motifs is 1. The summed E-state index contributed by atoms with van der Waals surface area (Å²) in [6.07, 6.45) is 3.29. The van der Waals surface area contributed by atoms with Crippen molar-refractivity contribution in [1.82, 2.24) is 5.32 Å². The van der Waals surface area contributed by atoms with E-state index in [1.165, 1.54) is 11.1 Å². The highest BCUT2D eigenvalue weighted by Gasteiger charge is 2.30. The standard InChI is InChI=1S/C16H20N2O3/c1-18-13-7-4-8-14(21-2)11(13)9-10-5-3-6-12(16(19)20)17-15(10)18/h4,7-8,12,17H,3,5-6,9H2,1-2H3,(H,19,20). The smallest absolute Gasteiger partial charge is 0.326 e. The molecule has 1 atom stereocenters. The van der Waals surface area contributed by atoms with Gasteiger partial charge >= 0.3 is 5.97 Å². The first-order valence-corrected chi connectivity index (χ1v) is 7.22. The molecule has 0 radical (unpaired) electrons. The van der Waals surface area contributed by atoms with Crippen LogP contribution < -0.4 is 15.0 Å². The molecule has 0 saturated heterocycles. The maximum atomic E-state index is 11.3. The number of carboxylic acid groups (broad SMARTS) is 1. The number of anilines is 1. The summed E-state index contributed by atoms with van der Waals surface area (Å²) in [5, 5.41) is 12.5. The molecule has 0 saturated carbocycles. The molecule has 2 heterocycles. The fourth-order valence-electron chi connectivity index (χ4n) is 3.24. The molecule has 3 rings (SSSR count). The van der Waals surface area contributed by atoms with Crippen LogP contribution in [0.2, 0.25) is 0 Å². The molecular formula is C16H20N2O3. The van der Waals surface area contributed by atoms with Crippen molar-refractivity contribution in [2.45, 2.75) is 31.7 Å². The maximum absolute atomic E-state index is 11.3. The van der Waals surface area contributed by atoms with Crippen molar-refractivity contribution in [3.63, 3.8) is 0 Å². The Hall–Kier alpha value is -2.17. The Morgan fingerprint density at radius 3 is 3.00 bits per heavy atom. The number of rotatable bonds is 2. The van der Waals surface area contributed by atoms with Crippen LogP contribution in [-0.2, 0) is 11.2 Å². The molecule has 2 aliphatic rings. The van der Waals surface area contributed by atoms with Crippen LogP contribution in [0.15, 0.2) is 29.6 Å². The number of carbonyl (C=O) groups is 1. The Labute approximate surface area is 124 Å². The number of nitrogens with one attached hydrogen (secondary N) is 1. The van der Waals surface area contributed by atoms with Gasteiger partial charge in [0.2, 0.25) is 0 Å². The molecule has 0 amide bonds. The number of benzene rings is 1. The van der Waals surface area contributed by atoms with Gasteiger partial charge in [0.15, 0.2) is 0 Å². The third-order valence-electron chi connectivity index (χ3n) is 4.33. The summed E-state index contributed by atoms with van der Waals surface area (Å²) in [6, 6.07) is 5.48. The molecule has 5 heteroatoms. The van der Waals surface area contributed by atoms with Crippen LogP contribution in [-0.4, -0.2) is 31.3 Å². The van der Waals surface area contributed by atoms with Crippen LogP contribution in [0.4, 0.5) is 5.69 Å². The zero-order valence-corrected chi connectivity index (χ0v) is 12.3. The molecule has 1 unspecified atom stereocenters. The van der Waals surface area contributed by atoms with Crippen molar-refractivity contribution < 1.29 is 14.6 Å². The molecular weight excluding hydrogens is 268 g/mol. The van der Waals surface area contributed by atoms with Crippen LogP contribution in [0.25, 0.3) is 0 Å². The van der Waals surface area contributed by atoms with Crippen molar-refractivity contribution in [3.05, 3.63) is 35.2 Å². The number of methoxy groups -OCH3 is 1. The van der Waals surface area contributed by atoms with Gasteiger partial charge in [0, 0.05) is 24.7 Å². The lowest BCUT2D eigenvalue weighted by Gasteiger charge is -2.34. The highest BCUT2D eigenvalue weighted by molar-refractivity contribution is 5.75. The number of aliphatic carboxylic acids is 1. The SMILES string of the molecule is COc1cccc2c1CC1=C(NC(C(=O)O)CCC1)N2C. The van der Waals surface area contributed by atoms with Crippen molar-refractivity contribution >= 4 is 11.7 Å². The van der Waals surface area contributed by atoms with E-state index >= 15 is 0 Å². The molecule has 0 aliphatic carbocycles. The van der Waals surface area contributed by atoms with Gasteiger partial charge in [0.1, 0.15) is 17.6 Å². The monoisotopic (exact) mass is 288 g/mol. The molecule has 112 valence electrons. The van der Waals surface area contributed by atoms with Gasteiger partial charge in [-0.25, -0.2) is 4.79 Å². The average Bonchev–Trinajstić information content (AvgIpc) is 2.70. The van der Waals surface area contributed by atoms with Gasteiger partial charge in [-0.15, -0.1) is 0 Å². The summed E-state index contributed by atoms with van der Waals surface area (Å²) in [5.74, 6) is 1.05. The number of allylic oxidation sites excluding steroid dienone is 1. The molecule has 2 N–H and O–H groups in total. The van der Waals surface area contributed by atoms with Gasteiger partial charge < -0.3 is 20.1 Å². The summed E-state index contributed by atoms with van der Waals surface area (Å²) >= 11 is 0. The predicted molar refractivity (Wildman–Crippen MR) is 80.5 cm³/mol. The van der Waals surface area contributed by atoms with Crippen LogP contribution in [0.5, 0.6) is 5.75 Å². The quantitative estimate of drug-likeness (QED) is 0.873. The highest BCUT2D eigenvalue weighted by atomic mass is 16.5. The Balaban J connectivity index is 2.00. The van der Waals surface area contributed by atoms with Crippen molar-refractivity contribution in [2.75, 3.05) is 19.1 Å². The van der Waals surface area contributed by atoms with Gasteiger partial charge in [-0.05, 0) is 37.0 Å². The van der Waals surface area contributed by atoms with Crippen LogP contribution >= 0.6 is 0 Å². The van der Waals surface area contributed by atoms with E-state index in [1.54, 1.807) is 7.11 Å². The summed E-state index contributed by atoms with van der Waals surface area (Å²) in [5.41, 5.74) is 3.52. The average molecular weight is 288 g/mol. The molecule has 1 aromatic carbocycles. The highest BCUT2D eigenvalue weighted by Crippen LogP contribution is 2.39. The summed E-state index contributed by atoms with van der Waals surface area (Å²) < 4.78 is 5.47. The minimum atomic E-state index is -0.784. The van der Waals surface area contributed by atoms with Crippen LogP contribution in [0.3, 0.4) is 0 Å². The Kier molecular flexibility index (Phi) is 3.49. The summed E-state index contributed by atoms with van der Waals surface area (Å²) in [6.45, 7) is 0. The normalized spacial score (nSPS) is 21.0. The van der Waals surface area contributed by atoms with E-state index in [-0.39, 0.29) is 0 Å². The summed E-state index contributed by atoms with van der Waals surface area (Å²) in [4.78, 5) is 13.4. The molecule has 0 aromatic heterocycles. The van der Waals surface area contributed by atoms with Crippen molar-refractivity contribution in [2.24, 2.45) is 0 Å². The number of nitrogens with zero attached hydrogens (tertiary/aromatic N) is 1. The summed E-state index contributed by atoms with van der Waals surface area (Å²) in [7, 11) is 3.66. The fraction of sp³-hybridized carbons (Fsp3) is 0.438. The lowest BCUT2D eigenvalue weighted by Crippen LogP contribution is -2.42. The van der Waals surface area contributed by atoms with Gasteiger partial charge in [0.25, 0.3) is 0 Å². The van der Waals surface area contributed by atoms with E-state index in [9.17, 15) is 9.90 Å². The van der Waals surface area contributed by atoms with E-state index in [0.29, 0.717) is 6.42 Å². The minimum absolute atomic E-state index is 0.507. The third kappa shape index (κ3) is 2.33. The maximum Gasteiger partial charge on any atom is 0.326 e. The van der Waals surface area contributed by atoms with Gasteiger partial charge in [-0.3, -0.25) is 0 Å². The zero-order chi connectivity index (χ0) is 15.0. The second-order valence-electron chi connectivity index (χ2n) is 5.57. The van der Waals surface area contributed by atoms with Crippen molar-refractivity contribution in [1.29, 1.82) is 0 Å². The van der Waals surface area contributed by atoms with Crippen LogP contribution in [0.1, 0.15) is 24.8 Å². The van der Waals surface area contributed by atoms with Gasteiger partial charge in [-0.1, -0.05) is 6.07 Å². The predicted octanol–water partition coefficient (Wildman–Crippen LogP) is 2.13. The largest absolute Gasteiger partial charge is 0.496 e. The second-order valence-corrected chi connectivity index (χ2v) is 5.57. The molecule has 21 heavy (non-hydrogen) atoms. The van der Waals surface area contributed by atoms with E-state index in [4.69, 9.17) is 4.74 Å². The molecule has 2 aliphatic heterocycles. The van der Waals surface area contributed by atoms with Crippen molar-refractivity contribution in [3.8, 4) is 5.75 Å². The molecule has 1 aromatic rings. The number of hydrogen-bond acceptors (Lipinski definition) is 4. The Bertz CT molecular complexity index is 610. The molecule has 0 fully saturated rings. The number of hydrogen-bond donors (Lipinski definition) is 2. The topological polar surface area (TPSA) is 61.8 Å². The van der Waals surface area contributed by atoms with E-state index in [0.717, 1.165) is 36.5 Å². The minimum Gasteiger partial charge on any atom is -0.496 e. The lowest BCUT2D eigenvalue weighted by atomic mass is 9.94. The first-order valence-electron chi connectivity index (χ1n) is 7.22. The fourth-order valence-corrected chi connectivity index (χ4v) is 3.24. The van der Waals surface area contributed by atoms with Gasteiger partial charge in [0.05, 0.1) is 7.11 Å². The first-order chi connectivity index (χ1) is 10.1.